The Morgan fingerprint density at radius 2 is 2.14 bits per heavy atom. The molecule has 0 spiro atoms. The van der Waals surface area contributed by atoms with E-state index in [1.54, 1.807) is 0 Å². The largest absolute Gasteiger partial charge is 1.00 e. The fourth-order valence-corrected chi connectivity index (χ4v) is 0.718. The number of carbonyl (C=O) groups is 1. The summed E-state index contributed by atoms with van der Waals surface area (Å²) in [4.78, 5) is 36.5. The Hall–Kier alpha value is -0.614. The number of carboxylic acids is 1. The molecular formula is C5H4KN4O4+. The fourth-order valence-electron chi connectivity index (χ4n) is 0.718. The van der Waals surface area contributed by atoms with E-state index >= 15 is 0 Å². The fraction of sp³-hybridized carbons (Fsp3) is 0. The zero-order valence-corrected chi connectivity index (χ0v) is 10.3. The summed E-state index contributed by atoms with van der Waals surface area (Å²) in [5.41, 5.74) is 2.53. The minimum Gasteiger partial charge on any atom is -0.476 e. The number of H-pyrrole nitrogens is 1. The normalized spacial score (nSPS) is 8.86. The van der Waals surface area contributed by atoms with Crippen molar-refractivity contribution in [1.29, 1.82) is 0 Å². The van der Waals surface area contributed by atoms with Crippen molar-refractivity contribution in [3.63, 3.8) is 0 Å². The van der Waals surface area contributed by atoms with Gasteiger partial charge < -0.3 is 10.8 Å². The molecule has 14 heavy (non-hydrogen) atoms. The molecule has 0 saturated heterocycles. The van der Waals surface area contributed by atoms with Crippen LogP contribution in [-0.4, -0.2) is 21.0 Å². The van der Waals surface area contributed by atoms with Crippen molar-refractivity contribution in [2.75, 3.05) is 5.73 Å². The predicted octanol–water partition coefficient (Wildman–Crippen LogP) is -3.55. The van der Waals surface area contributed by atoms with E-state index in [4.69, 9.17) is 10.8 Å². The van der Waals surface area contributed by atoms with E-state index in [2.05, 4.69) is 10.2 Å². The van der Waals surface area contributed by atoms with Crippen LogP contribution in [0.3, 0.4) is 0 Å². The van der Waals surface area contributed by atoms with Crippen molar-refractivity contribution in [2.24, 2.45) is 5.18 Å². The molecule has 68 valence electrons. The molecule has 0 fully saturated rings. The van der Waals surface area contributed by atoms with Crippen LogP contribution >= 0.6 is 0 Å². The quantitative estimate of drug-likeness (QED) is 0.350. The van der Waals surface area contributed by atoms with Crippen LogP contribution in [0.1, 0.15) is 10.5 Å². The molecule has 8 nitrogen and oxygen atoms in total. The Kier molecular flexibility index (Phi) is 5.08. The van der Waals surface area contributed by atoms with Gasteiger partial charge in [0.15, 0.2) is 5.69 Å². The standard InChI is InChI=1S/C5H4N4O4.K/c6-5-7-2(4(11)12)1(9-13)3(10)8-5;/h(H,11,12)(H3,6,7,8,10);/q;+1. The van der Waals surface area contributed by atoms with Gasteiger partial charge >= 0.3 is 57.4 Å². The number of nitrogens with zero attached hydrogens (tertiary/aromatic N) is 2. The van der Waals surface area contributed by atoms with Crippen molar-refractivity contribution in [1.82, 2.24) is 9.97 Å². The Morgan fingerprint density at radius 3 is 2.57 bits per heavy atom. The molecule has 4 N–H and O–H groups in total. The minimum absolute atomic E-state index is 0. The number of hydrogen-bond donors (Lipinski definition) is 3. The molecule has 0 amide bonds. The number of carboxylic acid groups (broad SMARTS) is 1. The summed E-state index contributed by atoms with van der Waals surface area (Å²) in [6.45, 7) is 0. The molecule has 9 heteroatoms. The molecule has 0 aliphatic heterocycles. The molecule has 1 rings (SSSR count). The van der Waals surface area contributed by atoms with E-state index in [-0.39, 0.29) is 57.3 Å². The number of nitrogens with two attached hydrogens (primary N) is 1. The summed E-state index contributed by atoms with van der Waals surface area (Å²) in [6.07, 6.45) is 0. The van der Waals surface area contributed by atoms with Crippen LogP contribution in [0.5, 0.6) is 0 Å². The van der Waals surface area contributed by atoms with Crippen LogP contribution in [0.15, 0.2) is 9.97 Å². The molecule has 1 aromatic rings. The number of hydrogen-bond acceptors (Lipinski definition) is 6. The third kappa shape index (κ3) is 2.69. The van der Waals surface area contributed by atoms with Crippen molar-refractivity contribution in [3.05, 3.63) is 21.0 Å². The summed E-state index contributed by atoms with van der Waals surface area (Å²) in [5.74, 6) is -1.91. The van der Waals surface area contributed by atoms with Gasteiger partial charge in [0.25, 0.3) is 5.56 Å². The van der Waals surface area contributed by atoms with Crippen molar-refractivity contribution in [3.8, 4) is 0 Å². The Bertz CT molecular complexity index is 428. The van der Waals surface area contributed by atoms with E-state index in [0.717, 1.165) is 0 Å². The Balaban J connectivity index is 0.00000169. The molecule has 0 bridgehead atoms. The number of anilines is 1. The first-order valence-corrected chi connectivity index (χ1v) is 3.02. The van der Waals surface area contributed by atoms with E-state index in [1.165, 1.54) is 0 Å². The van der Waals surface area contributed by atoms with Gasteiger partial charge in [-0.05, 0) is 5.18 Å². The zero-order valence-electron chi connectivity index (χ0n) is 7.14. The molecule has 0 aromatic carbocycles. The van der Waals surface area contributed by atoms with Gasteiger partial charge in [0, 0.05) is 0 Å². The van der Waals surface area contributed by atoms with Crippen molar-refractivity contribution >= 4 is 17.6 Å². The molecule has 1 heterocycles. The third-order valence-corrected chi connectivity index (χ3v) is 1.21. The van der Waals surface area contributed by atoms with Gasteiger partial charge in [0.2, 0.25) is 11.6 Å². The monoisotopic (exact) mass is 223 g/mol. The van der Waals surface area contributed by atoms with E-state index in [9.17, 15) is 14.5 Å². The first-order chi connectivity index (χ1) is 6.06. The van der Waals surface area contributed by atoms with E-state index in [0.29, 0.717) is 0 Å². The molecule has 0 aliphatic rings. The average Bonchev–Trinajstić information content (AvgIpc) is 2.02. The summed E-state index contributed by atoms with van der Waals surface area (Å²) in [7, 11) is 0. The van der Waals surface area contributed by atoms with Crippen LogP contribution in [0, 0.1) is 4.91 Å². The molecule has 0 saturated carbocycles. The smallest absolute Gasteiger partial charge is 0.476 e. The second-order valence-electron chi connectivity index (χ2n) is 2.04. The van der Waals surface area contributed by atoms with Crippen molar-refractivity contribution < 1.29 is 61.3 Å². The Labute approximate surface area is 119 Å². The van der Waals surface area contributed by atoms with Crippen LogP contribution < -0.4 is 62.7 Å². The second-order valence-corrected chi connectivity index (χ2v) is 2.04. The van der Waals surface area contributed by atoms with Gasteiger partial charge in [-0.25, -0.2) is 9.78 Å². The SMILES string of the molecule is Nc1nc(C(=O)O)c(N=O)c(=O)[nH]1.[K+]. The van der Waals surface area contributed by atoms with E-state index < -0.39 is 22.9 Å². The summed E-state index contributed by atoms with van der Waals surface area (Å²) >= 11 is 0. The molecule has 0 aliphatic carbocycles. The first kappa shape index (κ1) is 13.4. The van der Waals surface area contributed by atoms with Crippen molar-refractivity contribution in [2.45, 2.75) is 0 Å². The third-order valence-electron chi connectivity index (χ3n) is 1.21. The topological polar surface area (TPSA) is 138 Å². The average molecular weight is 223 g/mol. The molecule has 0 radical (unpaired) electrons. The van der Waals surface area contributed by atoms with Gasteiger partial charge in [-0.15, -0.1) is 4.91 Å². The Morgan fingerprint density at radius 1 is 1.57 bits per heavy atom. The number of nitrogen functional groups attached to an aromatic ring is 1. The van der Waals surface area contributed by atoms with Gasteiger partial charge in [-0.1, -0.05) is 0 Å². The maximum absolute atomic E-state index is 10.9. The van der Waals surface area contributed by atoms with E-state index in [1.807, 2.05) is 4.98 Å². The summed E-state index contributed by atoms with van der Waals surface area (Å²) in [6, 6.07) is 0. The van der Waals surface area contributed by atoms with Gasteiger partial charge in [-0.3, -0.25) is 9.78 Å². The molecule has 0 atom stereocenters. The number of rotatable bonds is 2. The summed E-state index contributed by atoms with van der Waals surface area (Å²) < 4.78 is 0. The number of aromatic amines is 1. The number of nitrogens with one attached hydrogen (secondary N) is 1. The van der Waals surface area contributed by atoms with Gasteiger partial charge in [0.1, 0.15) is 0 Å². The number of aromatic nitrogens is 2. The van der Waals surface area contributed by atoms with Gasteiger partial charge in [0.05, 0.1) is 0 Å². The molecular weight excluding hydrogens is 219 g/mol. The van der Waals surface area contributed by atoms with Crippen LogP contribution in [-0.2, 0) is 0 Å². The maximum Gasteiger partial charge on any atom is 1.00 e. The summed E-state index contributed by atoms with van der Waals surface area (Å²) in [5, 5.41) is 10.7. The maximum atomic E-state index is 10.9. The predicted molar refractivity (Wildman–Crippen MR) is 41.7 cm³/mol. The zero-order chi connectivity index (χ0) is 10.0. The number of aromatic carboxylic acids is 1. The minimum atomic E-state index is -1.53. The second kappa shape index (κ2) is 5.31. The van der Waals surface area contributed by atoms with Gasteiger partial charge in [-0.2, -0.15) is 0 Å². The van der Waals surface area contributed by atoms with Crippen LogP contribution in [0.25, 0.3) is 0 Å². The molecule has 0 unspecified atom stereocenters. The van der Waals surface area contributed by atoms with Crippen LogP contribution in [0.4, 0.5) is 11.6 Å². The van der Waals surface area contributed by atoms with Crippen LogP contribution in [0.2, 0.25) is 0 Å². The molecule has 1 aromatic heterocycles. The number of nitroso groups, excluding NO2 is 1. The first-order valence-electron chi connectivity index (χ1n) is 3.02.